The van der Waals surface area contributed by atoms with Gasteiger partial charge in [-0.15, -0.1) is 0 Å². The van der Waals surface area contributed by atoms with Crippen molar-refractivity contribution in [3.05, 3.63) is 90.5 Å². The van der Waals surface area contributed by atoms with E-state index >= 15 is 0 Å². The average molecular weight is 419 g/mol. The quantitative estimate of drug-likeness (QED) is 0.439. The SMILES string of the molecule is CN(c1ccccc1)C(CC(=O)O)C(=O)Oc1cccc(OC(=O)c2ccccc2)c1. The zero-order valence-electron chi connectivity index (χ0n) is 16.8. The van der Waals surface area contributed by atoms with Gasteiger partial charge in [0.1, 0.15) is 17.5 Å². The van der Waals surface area contributed by atoms with Crippen LogP contribution in [0.5, 0.6) is 11.5 Å². The third-order valence-electron chi connectivity index (χ3n) is 4.52. The highest BCUT2D eigenvalue weighted by Crippen LogP contribution is 2.23. The predicted molar refractivity (Wildman–Crippen MR) is 114 cm³/mol. The Morgan fingerprint density at radius 2 is 1.42 bits per heavy atom. The second-order valence-corrected chi connectivity index (χ2v) is 6.71. The van der Waals surface area contributed by atoms with Gasteiger partial charge in [-0.1, -0.05) is 42.5 Å². The van der Waals surface area contributed by atoms with Crippen molar-refractivity contribution < 1.29 is 29.0 Å². The highest BCUT2D eigenvalue weighted by Gasteiger charge is 2.28. The van der Waals surface area contributed by atoms with Gasteiger partial charge in [-0.3, -0.25) is 4.79 Å². The number of hydrogen-bond acceptors (Lipinski definition) is 6. The first-order chi connectivity index (χ1) is 14.9. The molecule has 7 heteroatoms. The maximum atomic E-state index is 12.8. The Morgan fingerprint density at radius 3 is 2.03 bits per heavy atom. The fraction of sp³-hybridized carbons (Fsp3) is 0.125. The van der Waals surface area contributed by atoms with E-state index in [9.17, 15) is 19.5 Å². The minimum absolute atomic E-state index is 0.139. The van der Waals surface area contributed by atoms with Gasteiger partial charge in [0.2, 0.25) is 0 Å². The molecule has 0 heterocycles. The fourth-order valence-electron chi connectivity index (χ4n) is 2.91. The van der Waals surface area contributed by atoms with Crippen LogP contribution in [-0.2, 0) is 9.59 Å². The van der Waals surface area contributed by atoms with Crippen molar-refractivity contribution in [2.24, 2.45) is 0 Å². The van der Waals surface area contributed by atoms with Crippen LogP contribution < -0.4 is 14.4 Å². The smallest absolute Gasteiger partial charge is 0.343 e. The zero-order valence-corrected chi connectivity index (χ0v) is 16.8. The molecule has 0 aromatic heterocycles. The molecule has 0 aliphatic heterocycles. The molecular formula is C24H21NO6. The van der Waals surface area contributed by atoms with Gasteiger partial charge in [0, 0.05) is 18.8 Å². The number of carbonyl (C=O) groups excluding carboxylic acids is 2. The van der Waals surface area contributed by atoms with Crippen molar-refractivity contribution in [1.82, 2.24) is 0 Å². The Hall–Kier alpha value is -4.13. The van der Waals surface area contributed by atoms with Gasteiger partial charge < -0.3 is 19.5 Å². The number of nitrogens with zero attached hydrogens (tertiary/aromatic N) is 1. The minimum atomic E-state index is -1.13. The molecule has 0 saturated heterocycles. The Kier molecular flexibility index (Phi) is 7.01. The van der Waals surface area contributed by atoms with Crippen molar-refractivity contribution in [3.63, 3.8) is 0 Å². The molecule has 0 aliphatic carbocycles. The summed E-state index contributed by atoms with van der Waals surface area (Å²) >= 11 is 0. The Morgan fingerprint density at radius 1 is 0.839 bits per heavy atom. The van der Waals surface area contributed by atoms with E-state index in [4.69, 9.17) is 9.47 Å². The molecule has 0 spiro atoms. The van der Waals surface area contributed by atoms with Crippen molar-refractivity contribution in [3.8, 4) is 11.5 Å². The van der Waals surface area contributed by atoms with Crippen LogP contribution in [-0.4, -0.2) is 36.1 Å². The third-order valence-corrected chi connectivity index (χ3v) is 4.52. The molecule has 0 bridgehead atoms. The van der Waals surface area contributed by atoms with Gasteiger partial charge in [-0.05, 0) is 36.4 Å². The number of aliphatic carboxylic acids is 1. The average Bonchev–Trinajstić information content (AvgIpc) is 2.78. The first-order valence-electron chi connectivity index (χ1n) is 9.52. The number of esters is 2. The first-order valence-corrected chi connectivity index (χ1v) is 9.52. The number of carboxylic acids is 1. The van der Waals surface area contributed by atoms with Gasteiger partial charge in [-0.25, -0.2) is 9.59 Å². The number of carboxylic acid groups (broad SMARTS) is 1. The lowest BCUT2D eigenvalue weighted by molar-refractivity contribution is -0.143. The summed E-state index contributed by atoms with van der Waals surface area (Å²) in [6.07, 6.45) is -0.438. The zero-order chi connectivity index (χ0) is 22.2. The van der Waals surface area contributed by atoms with Gasteiger partial charge >= 0.3 is 17.9 Å². The lowest BCUT2D eigenvalue weighted by Gasteiger charge is -2.27. The number of ether oxygens (including phenoxy) is 2. The van der Waals surface area contributed by atoms with Gasteiger partial charge in [0.25, 0.3) is 0 Å². The molecule has 1 N–H and O–H groups in total. The van der Waals surface area contributed by atoms with E-state index in [1.54, 1.807) is 78.7 Å². The Labute approximate surface area is 179 Å². The minimum Gasteiger partial charge on any atom is -0.481 e. The van der Waals surface area contributed by atoms with Crippen molar-refractivity contribution in [2.75, 3.05) is 11.9 Å². The molecule has 31 heavy (non-hydrogen) atoms. The number of para-hydroxylation sites is 1. The van der Waals surface area contributed by atoms with Gasteiger partial charge in [0.15, 0.2) is 0 Å². The summed E-state index contributed by atoms with van der Waals surface area (Å²) in [5.74, 6) is -2.07. The molecule has 3 aromatic carbocycles. The summed E-state index contributed by atoms with van der Waals surface area (Å²) in [5, 5.41) is 9.25. The second-order valence-electron chi connectivity index (χ2n) is 6.71. The van der Waals surface area contributed by atoms with E-state index in [-0.39, 0.29) is 11.5 Å². The largest absolute Gasteiger partial charge is 0.481 e. The maximum absolute atomic E-state index is 12.8. The van der Waals surface area contributed by atoms with Gasteiger partial charge in [0.05, 0.1) is 12.0 Å². The van der Waals surface area contributed by atoms with Crippen molar-refractivity contribution in [1.29, 1.82) is 0 Å². The standard InChI is InChI=1S/C24H21NO6/c1-25(18-11-6-3-7-12-18)21(16-22(26)27)24(29)31-20-14-8-13-19(15-20)30-23(28)17-9-4-2-5-10-17/h2-15,21H,16H2,1H3,(H,26,27). The molecule has 7 nitrogen and oxygen atoms in total. The Bertz CT molecular complexity index is 1050. The summed E-state index contributed by atoms with van der Waals surface area (Å²) in [6, 6.07) is 22.4. The summed E-state index contributed by atoms with van der Waals surface area (Å²) < 4.78 is 10.7. The normalized spacial score (nSPS) is 11.3. The van der Waals surface area contributed by atoms with Crippen molar-refractivity contribution in [2.45, 2.75) is 12.5 Å². The van der Waals surface area contributed by atoms with Crippen LogP contribution in [0.1, 0.15) is 16.8 Å². The number of likely N-dealkylation sites (N-methyl/N-ethyl adjacent to an activating group) is 1. The highest BCUT2D eigenvalue weighted by atomic mass is 16.5. The second kappa shape index (κ2) is 10.1. The van der Waals surface area contributed by atoms with E-state index in [1.165, 1.54) is 12.1 Å². The molecule has 158 valence electrons. The van der Waals surface area contributed by atoms with E-state index in [2.05, 4.69) is 0 Å². The molecule has 1 unspecified atom stereocenters. The molecule has 1 atom stereocenters. The lowest BCUT2D eigenvalue weighted by atomic mass is 10.1. The van der Waals surface area contributed by atoms with E-state index < -0.39 is 30.4 Å². The maximum Gasteiger partial charge on any atom is 0.343 e. The monoisotopic (exact) mass is 419 g/mol. The number of hydrogen-bond donors (Lipinski definition) is 1. The van der Waals surface area contributed by atoms with Crippen LogP contribution in [0.25, 0.3) is 0 Å². The third kappa shape index (κ3) is 5.93. The van der Waals surface area contributed by atoms with E-state index in [0.717, 1.165) is 0 Å². The number of benzene rings is 3. The summed E-state index contributed by atoms with van der Waals surface area (Å²) in [4.78, 5) is 37.9. The van der Waals surface area contributed by atoms with Crippen LogP contribution in [0, 0.1) is 0 Å². The number of carbonyl (C=O) groups is 3. The van der Waals surface area contributed by atoms with Crippen molar-refractivity contribution >= 4 is 23.6 Å². The van der Waals surface area contributed by atoms with Crippen LogP contribution in [0.2, 0.25) is 0 Å². The molecule has 0 amide bonds. The molecule has 0 radical (unpaired) electrons. The number of rotatable bonds is 8. The van der Waals surface area contributed by atoms with Gasteiger partial charge in [-0.2, -0.15) is 0 Å². The lowest BCUT2D eigenvalue weighted by Crippen LogP contribution is -2.42. The summed E-state index contributed by atoms with van der Waals surface area (Å²) in [5.41, 5.74) is 1.06. The molecule has 3 aromatic rings. The highest BCUT2D eigenvalue weighted by molar-refractivity contribution is 5.91. The topological polar surface area (TPSA) is 93.1 Å². The van der Waals surface area contributed by atoms with E-state index in [1.807, 2.05) is 6.07 Å². The molecule has 3 rings (SSSR count). The fourth-order valence-corrected chi connectivity index (χ4v) is 2.91. The summed E-state index contributed by atoms with van der Waals surface area (Å²) in [6.45, 7) is 0. The first kappa shape index (κ1) is 21.6. The Balaban J connectivity index is 1.73. The predicted octanol–water partition coefficient (Wildman–Crippen LogP) is 3.79. The van der Waals surface area contributed by atoms with E-state index in [0.29, 0.717) is 11.3 Å². The van der Waals surface area contributed by atoms with Crippen LogP contribution >= 0.6 is 0 Å². The summed E-state index contributed by atoms with van der Waals surface area (Å²) in [7, 11) is 1.63. The van der Waals surface area contributed by atoms with Crippen LogP contribution in [0.15, 0.2) is 84.9 Å². The molecule has 0 saturated carbocycles. The number of anilines is 1. The van der Waals surface area contributed by atoms with Crippen LogP contribution in [0.3, 0.4) is 0 Å². The molecule has 0 aliphatic rings. The molecule has 0 fully saturated rings. The van der Waals surface area contributed by atoms with Crippen LogP contribution in [0.4, 0.5) is 5.69 Å². The molecular weight excluding hydrogens is 398 g/mol.